The average Bonchev–Trinajstić information content (AvgIpc) is 2.77. The van der Waals surface area contributed by atoms with Crippen molar-refractivity contribution in [2.75, 3.05) is 0 Å². The number of aryl methyl sites for hydroxylation is 1. The van der Waals surface area contributed by atoms with Gasteiger partial charge in [0.15, 0.2) is 0 Å². The molecule has 0 aliphatic heterocycles. The molecule has 0 spiro atoms. The smallest absolute Gasteiger partial charge is 0.0103 e. The highest BCUT2D eigenvalue weighted by Crippen LogP contribution is 2.32. The van der Waals surface area contributed by atoms with Crippen LogP contribution in [-0.4, -0.2) is 0 Å². The summed E-state index contributed by atoms with van der Waals surface area (Å²) in [4.78, 5) is 0. The van der Waals surface area contributed by atoms with Gasteiger partial charge in [0.1, 0.15) is 0 Å². The minimum atomic E-state index is 1.09. The molecule has 0 aromatic heterocycles. The zero-order valence-corrected chi connectivity index (χ0v) is 10.3. The molecule has 17 heavy (non-hydrogen) atoms. The maximum absolute atomic E-state index is 2.33. The van der Waals surface area contributed by atoms with Crippen LogP contribution in [0.5, 0.6) is 0 Å². The van der Waals surface area contributed by atoms with Crippen LogP contribution in [0.2, 0.25) is 0 Å². The summed E-state index contributed by atoms with van der Waals surface area (Å²) in [6.07, 6.45) is 5.72. The molecule has 2 aromatic rings. The van der Waals surface area contributed by atoms with Gasteiger partial charge in [0.25, 0.3) is 0 Å². The van der Waals surface area contributed by atoms with Crippen molar-refractivity contribution in [3.63, 3.8) is 0 Å². The molecule has 1 aliphatic rings. The molecule has 0 nitrogen and oxygen atoms in total. The van der Waals surface area contributed by atoms with Crippen LogP contribution >= 0.6 is 0 Å². The van der Waals surface area contributed by atoms with Gasteiger partial charge in [-0.15, -0.1) is 0 Å². The Labute approximate surface area is 102 Å². The lowest BCUT2D eigenvalue weighted by atomic mass is 9.96. The Morgan fingerprint density at radius 2 is 1.65 bits per heavy atom. The van der Waals surface area contributed by atoms with Gasteiger partial charge in [-0.25, -0.2) is 0 Å². The van der Waals surface area contributed by atoms with E-state index in [0.29, 0.717) is 0 Å². The van der Waals surface area contributed by atoms with E-state index in [0.717, 1.165) is 6.42 Å². The molecule has 0 N–H and O–H groups in total. The van der Waals surface area contributed by atoms with Gasteiger partial charge in [-0.3, -0.25) is 0 Å². The maximum Gasteiger partial charge on any atom is -0.0103 e. The third-order valence-electron chi connectivity index (χ3n) is 3.50. The molecule has 0 heteroatoms. The quantitative estimate of drug-likeness (QED) is 0.642. The Hall–Kier alpha value is -1.82. The van der Waals surface area contributed by atoms with E-state index in [4.69, 9.17) is 0 Å². The van der Waals surface area contributed by atoms with Gasteiger partial charge in [-0.1, -0.05) is 54.1 Å². The number of hydrogen-bond acceptors (Lipinski definition) is 0. The lowest BCUT2D eigenvalue weighted by Gasteiger charge is -2.08. The van der Waals surface area contributed by atoms with Gasteiger partial charge in [0, 0.05) is 0 Å². The molecular weight excluding hydrogens is 204 g/mol. The normalized spacial score (nSPS) is 14.9. The predicted molar refractivity (Wildman–Crippen MR) is 75.0 cm³/mol. The van der Waals surface area contributed by atoms with Crippen molar-refractivity contribution >= 4 is 16.3 Å². The first-order valence-corrected chi connectivity index (χ1v) is 6.12. The third kappa shape index (κ3) is 1.70. The minimum absolute atomic E-state index is 1.09. The van der Waals surface area contributed by atoms with E-state index in [1.807, 2.05) is 0 Å². The minimum Gasteiger partial charge on any atom is -0.0726 e. The van der Waals surface area contributed by atoms with Crippen LogP contribution in [-0.2, 0) is 0 Å². The zero-order chi connectivity index (χ0) is 11.8. The lowest BCUT2D eigenvalue weighted by molar-refractivity contribution is 1.25. The molecule has 0 saturated heterocycles. The third-order valence-corrected chi connectivity index (χ3v) is 3.50. The summed E-state index contributed by atoms with van der Waals surface area (Å²) in [5.41, 5.74) is 5.54. The Morgan fingerprint density at radius 1 is 0.882 bits per heavy atom. The second-order valence-electron chi connectivity index (χ2n) is 4.83. The average molecular weight is 220 g/mol. The van der Waals surface area contributed by atoms with Crippen molar-refractivity contribution < 1.29 is 0 Å². The molecule has 0 radical (unpaired) electrons. The fourth-order valence-corrected chi connectivity index (χ4v) is 2.54. The summed E-state index contributed by atoms with van der Waals surface area (Å²) in [6.45, 7) is 4.37. The molecule has 2 aromatic carbocycles. The Balaban J connectivity index is 2.28. The van der Waals surface area contributed by atoms with Crippen LogP contribution in [0.1, 0.15) is 24.5 Å². The van der Waals surface area contributed by atoms with Crippen molar-refractivity contribution in [1.82, 2.24) is 0 Å². The van der Waals surface area contributed by atoms with Crippen molar-refractivity contribution in [2.45, 2.75) is 20.3 Å². The molecule has 3 rings (SSSR count). The monoisotopic (exact) mass is 220 g/mol. The van der Waals surface area contributed by atoms with Gasteiger partial charge in [-0.05, 0) is 47.7 Å². The lowest BCUT2D eigenvalue weighted by Crippen LogP contribution is -1.85. The van der Waals surface area contributed by atoms with Crippen LogP contribution in [0, 0.1) is 6.92 Å². The fourth-order valence-electron chi connectivity index (χ4n) is 2.54. The van der Waals surface area contributed by atoms with Crippen molar-refractivity contribution in [3.8, 4) is 0 Å². The van der Waals surface area contributed by atoms with Crippen molar-refractivity contribution in [1.29, 1.82) is 0 Å². The first-order valence-electron chi connectivity index (χ1n) is 6.12. The number of fused-ring (bicyclic) bond motifs is 1. The first-order chi connectivity index (χ1) is 8.25. The van der Waals surface area contributed by atoms with E-state index in [1.165, 1.54) is 33.0 Å². The van der Waals surface area contributed by atoms with Crippen LogP contribution in [0.25, 0.3) is 16.3 Å². The molecule has 0 fully saturated rings. The molecule has 0 unspecified atom stereocenters. The number of benzene rings is 2. The molecule has 0 saturated carbocycles. The number of allylic oxidation sites excluding steroid dienone is 4. The summed E-state index contributed by atoms with van der Waals surface area (Å²) < 4.78 is 0. The largest absolute Gasteiger partial charge is 0.0726 e. The molecule has 0 heterocycles. The van der Waals surface area contributed by atoms with Gasteiger partial charge in [0.2, 0.25) is 0 Å². The van der Waals surface area contributed by atoms with Gasteiger partial charge in [-0.2, -0.15) is 0 Å². The molecule has 0 bridgehead atoms. The molecule has 84 valence electrons. The van der Waals surface area contributed by atoms with Crippen LogP contribution < -0.4 is 0 Å². The molecule has 0 atom stereocenters. The SMILES string of the molecule is CC1=CC(c2ccc(C)c3ccccc23)=CC1. The summed E-state index contributed by atoms with van der Waals surface area (Å²) >= 11 is 0. The molecule has 0 amide bonds. The van der Waals surface area contributed by atoms with Gasteiger partial charge < -0.3 is 0 Å². The van der Waals surface area contributed by atoms with Crippen molar-refractivity contribution in [2.24, 2.45) is 0 Å². The van der Waals surface area contributed by atoms with E-state index < -0.39 is 0 Å². The van der Waals surface area contributed by atoms with Crippen LogP contribution in [0.15, 0.2) is 54.1 Å². The summed E-state index contributed by atoms with van der Waals surface area (Å²) in [5.74, 6) is 0. The van der Waals surface area contributed by atoms with Gasteiger partial charge >= 0.3 is 0 Å². The van der Waals surface area contributed by atoms with E-state index in [1.54, 1.807) is 0 Å². The fraction of sp³-hybridized carbons (Fsp3) is 0.176. The molecular formula is C17H16. The van der Waals surface area contributed by atoms with Crippen LogP contribution in [0.4, 0.5) is 0 Å². The first kappa shape index (κ1) is 10.3. The zero-order valence-electron chi connectivity index (χ0n) is 10.3. The second-order valence-corrected chi connectivity index (χ2v) is 4.83. The maximum atomic E-state index is 2.33. The van der Waals surface area contributed by atoms with Crippen molar-refractivity contribution in [3.05, 3.63) is 65.3 Å². The van der Waals surface area contributed by atoms with Gasteiger partial charge in [0.05, 0.1) is 0 Å². The number of hydrogen-bond donors (Lipinski definition) is 0. The Kier molecular flexibility index (Phi) is 2.36. The highest BCUT2D eigenvalue weighted by atomic mass is 14.1. The summed E-state index contributed by atoms with van der Waals surface area (Å²) in [6, 6.07) is 13.1. The summed E-state index contributed by atoms with van der Waals surface area (Å²) in [7, 11) is 0. The summed E-state index contributed by atoms with van der Waals surface area (Å²) in [5, 5.41) is 2.73. The Bertz CT molecular complexity index is 642. The predicted octanol–water partition coefficient (Wildman–Crippen LogP) is 4.88. The highest BCUT2D eigenvalue weighted by molar-refractivity contribution is 5.98. The molecule has 1 aliphatic carbocycles. The van der Waals surface area contributed by atoms with E-state index >= 15 is 0 Å². The van der Waals surface area contributed by atoms with E-state index in [-0.39, 0.29) is 0 Å². The Morgan fingerprint density at radius 3 is 2.35 bits per heavy atom. The van der Waals surface area contributed by atoms with E-state index in [2.05, 4.69) is 62.4 Å². The van der Waals surface area contributed by atoms with Crippen LogP contribution in [0.3, 0.4) is 0 Å². The second kappa shape index (κ2) is 3.89. The van der Waals surface area contributed by atoms with E-state index in [9.17, 15) is 0 Å². The topological polar surface area (TPSA) is 0 Å². The standard InChI is InChI=1S/C17H16/c1-12-7-9-14(11-12)16-10-8-13(2)15-5-3-4-6-17(15)16/h3-6,8-11H,7H2,1-2H3. The highest BCUT2D eigenvalue weighted by Gasteiger charge is 2.09. The number of rotatable bonds is 1.